The van der Waals surface area contributed by atoms with Crippen LogP contribution in [0.3, 0.4) is 0 Å². The van der Waals surface area contributed by atoms with Crippen LogP contribution in [0.5, 0.6) is 5.75 Å². The number of ether oxygens (including phenoxy) is 1. The van der Waals surface area contributed by atoms with Crippen molar-refractivity contribution < 1.29 is 9.53 Å². The van der Waals surface area contributed by atoms with Gasteiger partial charge in [-0.1, -0.05) is 25.7 Å². The van der Waals surface area contributed by atoms with Gasteiger partial charge in [0, 0.05) is 38.3 Å². The van der Waals surface area contributed by atoms with Gasteiger partial charge in [-0.3, -0.25) is 4.79 Å². The lowest BCUT2D eigenvalue weighted by molar-refractivity contribution is -0.132. The molecule has 1 aliphatic heterocycles. The number of hydrogen-bond acceptors (Lipinski definition) is 3. The Bertz CT molecular complexity index is 550. The highest BCUT2D eigenvalue weighted by Gasteiger charge is 2.22. The molecule has 3 rings (SSSR count). The second-order valence-electron chi connectivity index (χ2n) is 7.04. The zero-order valence-corrected chi connectivity index (χ0v) is 14.4. The first-order valence-electron chi connectivity index (χ1n) is 8.84. The Morgan fingerprint density at radius 3 is 2.83 bits per heavy atom. The summed E-state index contributed by atoms with van der Waals surface area (Å²) in [5.41, 5.74) is 2.26. The van der Waals surface area contributed by atoms with E-state index in [2.05, 4.69) is 17.0 Å². The van der Waals surface area contributed by atoms with Gasteiger partial charge in [-0.15, -0.1) is 0 Å². The molecule has 1 fully saturated rings. The van der Waals surface area contributed by atoms with E-state index in [0.717, 1.165) is 29.3 Å². The van der Waals surface area contributed by atoms with Gasteiger partial charge < -0.3 is 14.5 Å². The summed E-state index contributed by atoms with van der Waals surface area (Å²) in [4.78, 5) is 16.6. The van der Waals surface area contributed by atoms with Crippen LogP contribution in [0.15, 0.2) is 18.2 Å². The number of benzene rings is 1. The molecule has 1 amide bonds. The molecule has 2 aliphatic rings. The molecule has 0 aromatic heterocycles. The molecule has 1 aromatic rings. The molecule has 0 unspecified atom stereocenters. The summed E-state index contributed by atoms with van der Waals surface area (Å²) in [5.74, 6) is 1.97. The zero-order chi connectivity index (χ0) is 16.2. The molecule has 4 heteroatoms. The van der Waals surface area contributed by atoms with Gasteiger partial charge in [-0.25, -0.2) is 0 Å². The highest BCUT2D eigenvalue weighted by atomic mass is 16.5. The third-order valence-electron chi connectivity index (χ3n) is 5.13. The third kappa shape index (κ3) is 3.98. The van der Waals surface area contributed by atoms with Crippen molar-refractivity contribution in [2.45, 2.75) is 45.1 Å². The molecule has 0 N–H and O–H groups in total. The number of carbonyl (C=O) groups is 1. The van der Waals surface area contributed by atoms with Crippen LogP contribution in [0.4, 0.5) is 5.69 Å². The molecule has 1 aliphatic carbocycles. The number of carbonyl (C=O) groups excluding carboxylic acids is 1. The number of fused-ring (bicyclic) bond motifs is 1. The molecular weight excluding hydrogens is 288 g/mol. The molecular formula is C19H28N2O2. The third-order valence-corrected chi connectivity index (χ3v) is 5.13. The van der Waals surface area contributed by atoms with Crippen LogP contribution in [0.25, 0.3) is 0 Å². The van der Waals surface area contributed by atoms with Crippen molar-refractivity contribution in [1.29, 1.82) is 0 Å². The molecule has 0 spiro atoms. The summed E-state index contributed by atoms with van der Waals surface area (Å²) in [6, 6.07) is 6.23. The molecule has 126 valence electrons. The van der Waals surface area contributed by atoms with E-state index >= 15 is 0 Å². The first-order chi connectivity index (χ1) is 11.1. The number of amides is 1. The minimum atomic E-state index is 0.281. The maximum absolute atomic E-state index is 12.6. The van der Waals surface area contributed by atoms with Crippen LogP contribution >= 0.6 is 0 Å². The van der Waals surface area contributed by atoms with Gasteiger partial charge in [0.15, 0.2) is 0 Å². The second kappa shape index (κ2) is 7.24. The monoisotopic (exact) mass is 316 g/mol. The van der Waals surface area contributed by atoms with E-state index in [4.69, 9.17) is 4.74 Å². The fraction of sp³-hybridized carbons (Fsp3) is 0.632. The van der Waals surface area contributed by atoms with Crippen LogP contribution in [-0.4, -0.2) is 38.1 Å². The van der Waals surface area contributed by atoms with E-state index < -0.39 is 0 Å². The van der Waals surface area contributed by atoms with Gasteiger partial charge in [0.05, 0.1) is 6.54 Å². The van der Waals surface area contributed by atoms with Crippen LogP contribution in [0.2, 0.25) is 0 Å². The first-order valence-corrected chi connectivity index (χ1v) is 8.84. The molecule has 0 atom stereocenters. The maximum atomic E-state index is 12.6. The molecule has 4 nitrogen and oxygen atoms in total. The summed E-state index contributed by atoms with van der Waals surface area (Å²) in [6.45, 7) is 1.94. The zero-order valence-electron chi connectivity index (χ0n) is 14.4. The minimum Gasteiger partial charge on any atom is -0.491 e. The van der Waals surface area contributed by atoms with Crippen molar-refractivity contribution >= 4 is 11.6 Å². The molecule has 23 heavy (non-hydrogen) atoms. The Morgan fingerprint density at radius 2 is 2.09 bits per heavy atom. The Hall–Kier alpha value is -1.71. The van der Waals surface area contributed by atoms with Crippen LogP contribution in [0.1, 0.15) is 44.1 Å². The van der Waals surface area contributed by atoms with E-state index in [1.54, 1.807) is 0 Å². The smallest absolute Gasteiger partial charge is 0.222 e. The molecule has 0 radical (unpaired) electrons. The van der Waals surface area contributed by atoms with Gasteiger partial charge in [-0.2, -0.15) is 0 Å². The van der Waals surface area contributed by atoms with Crippen LogP contribution in [0, 0.1) is 5.92 Å². The SMILES string of the molecule is CN(C)c1ccc2c(c1)CN(C(=O)CCC1CCCC1)CCO2. The van der Waals surface area contributed by atoms with Gasteiger partial charge in [-0.05, 0) is 30.5 Å². The number of nitrogens with zero attached hydrogens (tertiary/aromatic N) is 2. The van der Waals surface area contributed by atoms with Gasteiger partial charge in [0.2, 0.25) is 5.91 Å². The Kier molecular flexibility index (Phi) is 5.09. The largest absolute Gasteiger partial charge is 0.491 e. The van der Waals surface area contributed by atoms with Gasteiger partial charge in [0.1, 0.15) is 12.4 Å². The first kappa shape index (κ1) is 16.2. The number of hydrogen-bond donors (Lipinski definition) is 0. The van der Waals surface area contributed by atoms with Crippen LogP contribution < -0.4 is 9.64 Å². The highest BCUT2D eigenvalue weighted by molar-refractivity contribution is 5.76. The summed E-state index contributed by atoms with van der Waals surface area (Å²) in [6.07, 6.45) is 7.05. The fourth-order valence-corrected chi connectivity index (χ4v) is 3.66. The molecule has 0 bridgehead atoms. The lowest BCUT2D eigenvalue weighted by Crippen LogP contribution is -2.32. The predicted molar refractivity (Wildman–Crippen MR) is 92.9 cm³/mol. The number of anilines is 1. The van der Waals surface area contributed by atoms with Gasteiger partial charge >= 0.3 is 0 Å². The average Bonchev–Trinajstić information content (AvgIpc) is 2.96. The van der Waals surface area contributed by atoms with Crippen molar-refractivity contribution in [1.82, 2.24) is 4.90 Å². The van der Waals surface area contributed by atoms with E-state index in [0.29, 0.717) is 26.1 Å². The molecule has 1 aromatic carbocycles. The normalized spacial score (nSPS) is 18.3. The summed E-state index contributed by atoms with van der Waals surface area (Å²) >= 11 is 0. The van der Waals surface area contributed by atoms with Crippen molar-refractivity contribution in [2.75, 3.05) is 32.1 Å². The average molecular weight is 316 g/mol. The Balaban J connectivity index is 1.64. The van der Waals surface area contributed by atoms with Gasteiger partial charge in [0.25, 0.3) is 0 Å². The van der Waals surface area contributed by atoms with E-state index in [1.807, 2.05) is 25.1 Å². The molecule has 0 saturated heterocycles. The van der Waals surface area contributed by atoms with E-state index in [1.165, 1.54) is 25.7 Å². The lowest BCUT2D eigenvalue weighted by atomic mass is 10.0. The van der Waals surface area contributed by atoms with Crippen molar-refractivity contribution in [3.8, 4) is 5.75 Å². The maximum Gasteiger partial charge on any atom is 0.222 e. The standard InChI is InChI=1S/C19H28N2O2/c1-20(2)17-8-9-18-16(13-17)14-21(11-12-23-18)19(22)10-7-15-5-3-4-6-15/h8-9,13,15H,3-7,10-12,14H2,1-2H3. The van der Waals surface area contributed by atoms with Crippen molar-refractivity contribution in [2.24, 2.45) is 5.92 Å². The van der Waals surface area contributed by atoms with Crippen molar-refractivity contribution in [3.63, 3.8) is 0 Å². The van der Waals surface area contributed by atoms with Crippen LogP contribution in [-0.2, 0) is 11.3 Å². The second-order valence-corrected chi connectivity index (χ2v) is 7.04. The fourth-order valence-electron chi connectivity index (χ4n) is 3.66. The minimum absolute atomic E-state index is 0.281. The lowest BCUT2D eigenvalue weighted by Gasteiger charge is -2.21. The predicted octanol–water partition coefficient (Wildman–Crippen LogP) is 3.44. The summed E-state index contributed by atoms with van der Waals surface area (Å²) in [7, 11) is 4.06. The number of rotatable bonds is 4. The highest BCUT2D eigenvalue weighted by Crippen LogP contribution is 2.30. The molecule has 1 saturated carbocycles. The van der Waals surface area contributed by atoms with E-state index in [-0.39, 0.29) is 5.91 Å². The quantitative estimate of drug-likeness (QED) is 0.853. The van der Waals surface area contributed by atoms with E-state index in [9.17, 15) is 4.79 Å². The topological polar surface area (TPSA) is 32.8 Å². The summed E-state index contributed by atoms with van der Waals surface area (Å²) < 4.78 is 5.83. The van der Waals surface area contributed by atoms with Crippen molar-refractivity contribution in [3.05, 3.63) is 23.8 Å². The summed E-state index contributed by atoms with van der Waals surface area (Å²) in [5, 5.41) is 0. The molecule has 1 heterocycles. The Morgan fingerprint density at radius 1 is 1.30 bits per heavy atom. The Labute approximate surface area is 139 Å².